The van der Waals surface area contributed by atoms with Crippen LogP contribution in [0.2, 0.25) is 0 Å². The van der Waals surface area contributed by atoms with Crippen LogP contribution in [-0.4, -0.2) is 39.5 Å². The lowest BCUT2D eigenvalue weighted by Gasteiger charge is -2.18. The number of unbranched alkanes of at least 4 members (excludes halogenated alkanes) is 20. The van der Waals surface area contributed by atoms with E-state index in [0.717, 1.165) is 39.5 Å². The van der Waals surface area contributed by atoms with Crippen LogP contribution in [0, 0.1) is 11.8 Å². The molecule has 242 valence electrons. The molecule has 1 heterocycles. The second kappa shape index (κ2) is 32.3. The average molecular weight is 576 g/mol. The Morgan fingerprint density at radius 2 is 0.756 bits per heavy atom. The van der Waals surface area contributed by atoms with Gasteiger partial charge in [-0.2, -0.15) is 0 Å². The van der Waals surface area contributed by atoms with Gasteiger partial charge in [0.2, 0.25) is 0 Å². The maximum atomic E-state index is 6.08. The first-order chi connectivity index (χ1) is 20.4. The van der Waals surface area contributed by atoms with Gasteiger partial charge in [0.25, 0.3) is 0 Å². The van der Waals surface area contributed by atoms with Crippen LogP contribution in [0.1, 0.15) is 168 Å². The van der Waals surface area contributed by atoms with Crippen LogP contribution >= 0.6 is 0 Å². The average Bonchev–Trinajstić information content (AvgIpc) is 3.43. The normalized spacial score (nSPS) is 17.5. The molecule has 1 fully saturated rings. The van der Waals surface area contributed by atoms with Gasteiger partial charge in [0.15, 0.2) is 0 Å². The highest BCUT2D eigenvalue weighted by molar-refractivity contribution is 4.82. The van der Waals surface area contributed by atoms with Gasteiger partial charge in [0.1, 0.15) is 0 Å². The fraction of sp³-hybridized carbons (Fsp3) is 0.895. The van der Waals surface area contributed by atoms with Crippen LogP contribution in [0.5, 0.6) is 0 Å². The fourth-order valence-corrected chi connectivity index (χ4v) is 5.84. The third kappa shape index (κ3) is 26.7. The van der Waals surface area contributed by atoms with Gasteiger partial charge in [-0.15, -0.1) is 0 Å². The molecule has 0 aliphatic carbocycles. The number of allylic oxidation sites excluding steroid dienone is 4. The smallest absolute Gasteiger partial charge is 0.0510 e. The summed E-state index contributed by atoms with van der Waals surface area (Å²) < 4.78 is 12.2. The molecule has 3 nitrogen and oxygen atoms in total. The summed E-state index contributed by atoms with van der Waals surface area (Å²) in [6.07, 6.45) is 41.8. The van der Waals surface area contributed by atoms with Crippen LogP contribution in [0.25, 0.3) is 0 Å². The van der Waals surface area contributed by atoms with Crippen molar-refractivity contribution in [1.29, 1.82) is 0 Å². The van der Waals surface area contributed by atoms with E-state index in [2.05, 4.69) is 43.5 Å². The van der Waals surface area contributed by atoms with E-state index in [4.69, 9.17) is 9.47 Å². The number of rotatable bonds is 32. The molecule has 41 heavy (non-hydrogen) atoms. The number of hydrogen-bond donors (Lipinski definition) is 1. The molecule has 1 N–H and O–H groups in total. The van der Waals surface area contributed by atoms with Gasteiger partial charge in [-0.3, -0.25) is 0 Å². The maximum Gasteiger partial charge on any atom is 0.0510 e. The van der Waals surface area contributed by atoms with Crippen LogP contribution < -0.4 is 5.32 Å². The summed E-state index contributed by atoms with van der Waals surface area (Å²) in [5.41, 5.74) is 0. The molecular weight excluding hydrogens is 502 g/mol. The first kappa shape index (κ1) is 38.4. The summed E-state index contributed by atoms with van der Waals surface area (Å²) in [6, 6.07) is 0. The second-order valence-electron chi connectivity index (χ2n) is 12.8. The van der Waals surface area contributed by atoms with E-state index >= 15 is 0 Å². The fourth-order valence-electron chi connectivity index (χ4n) is 5.84. The van der Waals surface area contributed by atoms with Crippen LogP contribution in [0.3, 0.4) is 0 Å². The van der Waals surface area contributed by atoms with Crippen molar-refractivity contribution in [3.63, 3.8) is 0 Å². The van der Waals surface area contributed by atoms with Crippen molar-refractivity contribution in [3.8, 4) is 0 Å². The minimum atomic E-state index is 0.625. The van der Waals surface area contributed by atoms with Gasteiger partial charge in [-0.05, 0) is 64.2 Å². The predicted molar refractivity (Wildman–Crippen MR) is 182 cm³/mol. The quantitative estimate of drug-likeness (QED) is 0.0639. The van der Waals surface area contributed by atoms with Crippen molar-refractivity contribution < 1.29 is 9.47 Å². The van der Waals surface area contributed by atoms with Crippen molar-refractivity contribution >= 4 is 0 Å². The minimum Gasteiger partial charge on any atom is -0.381 e. The first-order valence-electron chi connectivity index (χ1n) is 18.5. The molecule has 0 aromatic rings. The Hall–Kier alpha value is -0.640. The largest absolute Gasteiger partial charge is 0.381 e. The topological polar surface area (TPSA) is 30.5 Å². The lowest BCUT2D eigenvalue weighted by Crippen LogP contribution is -2.23. The molecular formula is C38H73NO2. The Labute approximate surface area is 258 Å². The Bertz CT molecular complexity index is 512. The lowest BCUT2D eigenvalue weighted by molar-refractivity contribution is 0.0482. The Morgan fingerprint density at radius 1 is 0.439 bits per heavy atom. The van der Waals surface area contributed by atoms with Gasteiger partial charge in [-0.25, -0.2) is 0 Å². The van der Waals surface area contributed by atoms with Crippen LogP contribution in [0.4, 0.5) is 0 Å². The van der Waals surface area contributed by atoms with Crippen molar-refractivity contribution in [2.75, 3.05) is 39.5 Å². The van der Waals surface area contributed by atoms with Crippen molar-refractivity contribution in [3.05, 3.63) is 24.3 Å². The zero-order valence-electron chi connectivity index (χ0n) is 28.0. The number of nitrogens with one attached hydrogen (secondary N) is 1. The SMILES string of the molecule is CCCCCCC=CCCCCCCCCOCC1CNC[C@H]1COCCCCCCCCC=CCCCCCC. The van der Waals surface area contributed by atoms with Crippen LogP contribution in [-0.2, 0) is 9.47 Å². The van der Waals surface area contributed by atoms with E-state index in [1.54, 1.807) is 0 Å². The first-order valence-corrected chi connectivity index (χ1v) is 18.5. The summed E-state index contributed by atoms with van der Waals surface area (Å²) in [6.45, 7) is 10.4. The van der Waals surface area contributed by atoms with Crippen molar-refractivity contribution in [2.24, 2.45) is 11.8 Å². The van der Waals surface area contributed by atoms with Gasteiger partial charge < -0.3 is 14.8 Å². The predicted octanol–water partition coefficient (Wildman–Crippen LogP) is 11.4. The molecule has 0 amide bonds. The number of ether oxygens (including phenoxy) is 2. The van der Waals surface area contributed by atoms with E-state index in [0.29, 0.717) is 11.8 Å². The summed E-state index contributed by atoms with van der Waals surface area (Å²) in [4.78, 5) is 0. The molecule has 1 aliphatic heterocycles. The molecule has 2 atom stereocenters. The van der Waals surface area contributed by atoms with Gasteiger partial charge in [0.05, 0.1) is 13.2 Å². The Morgan fingerprint density at radius 3 is 1.12 bits per heavy atom. The van der Waals surface area contributed by atoms with Crippen molar-refractivity contribution in [2.45, 2.75) is 168 Å². The van der Waals surface area contributed by atoms with Crippen LogP contribution in [0.15, 0.2) is 24.3 Å². The van der Waals surface area contributed by atoms with E-state index in [9.17, 15) is 0 Å². The van der Waals surface area contributed by atoms with E-state index in [1.165, 1.54) is 154 Å². The zero-order chi connectivity index (χ0) is 29.3. The lowest BCUT2D eigenvalue weighted by atomic mass is 9.98. The summed E-state index contributed by atoms with van der Waals surface area (Å²) in [5, 5.41) is 3.56. The van der Waals surface area contributed by atoms with Gasteiger partial charge in [-0.1, -0.05) is 128 Å². The summed E-state index contributed by atoms with van der Waals surface area (Å²) in [5.74, 6) is 1.25. The van der Waals surface area contributed by atoms with Gasteiger partial charge in [0, 0.05) is 38.1 Å². The molecule has 1 saturated heterocycles. The molecule has 0 spiro atoms. The number of hydrogen-bond acceptors (Lipinski definition) is 3. The van der Waals surface area contributed by atoms with E-state index in [-0.39, 0.29) is 0 Å². The van der Waals surface area contributed by atoms with Gasteiger partial charge >= 0.3 is 0 Å². The molecule has 0 aromatic carbocycles. The standard InChI is InChI=1S/C38H73NO2/c1-3-5-7-9-11-13-15-17-19-21-23-25-27-29-31-40-35-37-33-39-34-38(37)36-41-32-30-28-26-24-22-20-18-16-14-12-10-8-6-4-2/h13-16,37-39H,3-12,17-36H2,1-2H3/t37-,38?/m0/s1. The highest BCUT2D eigenvalue weighted by Crippen LogP contribution is 2.18. The monoisotopic (exact) mass is 576 g/mol. The second-order valence-corrected chi connectivity index (χ2v) is 12.8. The van der Waals surface area contributed by atoms with E-state index in [1.807, 2.05) is 0 Å². The molecule has 3 heteroatoms. The zero-order valence-corrected chi connectivity index (χ0v) is 28.0. The highest BCUT2D eigenvalue weighted by Gasteiger charge is 2.27. The molecule has 0 radical (unpaired) electrons. The summed E-state index contributed by atoms with van der Waals surface area (Å²) in [7, 11) is 0. The maximum absolute atomic E-state index is 6.08. The third-order valence-corrected chi connectivity index (χ3v) is 8.74. The van der Waals surface area contributed by atoms with E-state index < -0.39 is 0 Å². The molecule has 1 aliphatic rings. The summed E-state index contributed by atoms with van der Waals surface area (Å²) >= 11 is 0. The molecule has 0 saturated carbocycles. The molecule has 1 rings (SSSR count). The van der Waals surface area contributed by atoms with Crippen molar-refractivity contribution in [1.82, 2.24) is 5.32 Å². The highest BCUT2D eigenvalue weighted by atomic mass is 16.5. The Balaban J connectivity index is 1.82. The molecule has 0 aromatic heterocycles. The Kier molecular flexibility index (Phi) is 30.2. The molecule has 0 bridgehead atoms. The molecule has 1 unspecified atom stereocenters. The third-order valence-electron chi connectivity index (χ3n) is 8.74. The minimum absolute atomic E-state index is 0.625.